The quantitative estimate of drug-likeness (QED) is 0.685. The molecule has 0 fully saturated rings. The van der Waals surface area contributed by atoms with Gasteiger partial charge in [-0.2, -0.15) is 0 Å². The molecule has 0 radical (unpaired) electrons. The molecule has 0 amide bonds. The Hall–Kier alpha value is -2.39. The molecule has 23 heavy (non-hydrogen) atoms. The maximum atomic E-state index is 12.9. The lowest BCUT2D eigenvalue weighted by molar-refractivity contribution is 0.409. The van der Waals surface area contributed by atoms with E-state index < -0.39 is 0 Å². The summed E-state index contributed by atoms with van der Waals surface area (Å²) in [6.45, 7) is 1.57. The normalized spacial score (nSPS) is 10.9. The van der Waals surface area contributed by atoms with Crippen LogP contribution in [-0.2, 0) is 13.0 Å². The Morgan fingerprint density at radius 3 is 2.52 bits per heavy atom. The molecule has 0 aliphatic rings. The van der Waals surface area contributed by atoms with Crippen molar-refractivity contribution in [3.63, 3.8) is 0 Å². The zero-order valence-electron chi connectivity index (χ0n) is 13.2. The van der Waals surface area contributed by atoms with Crippen molar-refractivity contribution >= 4 is 10.8 Å². The number of hydrogen-bond donors (Lipinski definition) is 1. The fourth-order valence-corrected chi connectivity index (χ4v) is 2.79. The van der Waals surface area contributed by atoms with Gasteiger partial charge in [0.2, 0.25) is 0 Å². The van der Waals surface area contributed by atoms with Gasteiger partial charge < -0.3 is 10.1 Å². The fourth-order valence-electron chi connectivity index (χ4n) is 2.79. The Kier molecular flexibility index (Phi) is 4.89. The van der Waals surface area contributed by atoms with E-state index in [-0.39, 0.29) is 5.82 Å². The minimum atomic E-state index is -0.192. The first-order valence-corrected chi connectivity index (χ1v) is 7.77. The molecular formula is C20H20FNO. The van der Waals surface area contributed by atoms with Crippen LogP contribution in [0.2, 0.25) is 0 Å². The number of methoxy groups -OCH3 is 1. The van der Waals surface area contributed by atoms with Crippen LogP contribution in [0.3, 0.4) is 0 Å². The van der Waals surface area contributed by atoms with Crippen LogP contribution in [0.1, 0.15) is 11.1 Å². The van der Waals surface area contributed by atoms with Crippen molar-refractivity contribution in [1.82, 2.24) is 5.32 Å². The van der Waals surface area contributed by atoms with Crippen LogP contribution in [0.25, 0.3) is 10.8 Å². The van der Waals surface area contributed by atoms with E-state index in [2.05, 4.69) is 23.5 Å². The van der Waals surface area contributed by atoms with Gasteiger partial charge >= 0.3 is 0 Å². The van der Waals surface area contributed by atoms with Crippen LogP contribution in [0, 0.1) is 5.82 Å². The van der Waals surface area contributed by atoms with Gasteiger partial charge in [0.25, 0.3) is 0 Å². The maximum Gasteiger partial charge on any atom is 0.123 e. The van der Waals surface area contributed by atoms with Crippen LogP contribution >= 0.6 is 0 Å². The Morgan fingerprint density at radius 2 is 1.74 bits per heavy atom. The average molecular weight is 309 g/mol. The first-order valence-electron chi connectivity index (χ1n) is 7.77. The van der Waals surface area contributed by atoms with Gasteiger partial charge in [0, 0.05) is 12.1 Å². The first-order chi connectivity index (χ1) is 11.3. The topological polar surface area (TPSA) is 21.3 Å². The predicted octanol–water partition coefficient (Wildman–Crippen LogP) is 4.32. The third kappa shape index (κ3) is 3.69. The summed E-state index contributed by atoms with van der Waals surface area (Å²) in [6, 6.07) is 19.1. The molecule has 3 rings (SSSR count). The van der Waals surface area contributed by atoms with E-state index in [9.17, 15) is 4.39 Å². The molecule has 0 atom stereocenters. The molecule has 0 aliphatic heterocycles. The maximum absolute atomic E-state index is 12.9. The van der Waals surface area contributed by atoms with Gasteiger partial charge in [-0.3, -0.25) is 0 Å². The highest BCUT2D eigenvalue weighted by Crippen LogP contribution is 2.27. The lowest BCUT2D eigenvalue weighted by Gasteiger charge is -2.13. The smallest absolute Gasteiger partial charge is 0.123 e. The van der Waals surface area contributed by atoms with Gasteiger partial charge in [0.1, 0.15) is 11.6 Å². The lowest BCUT2D eigenvalue weighted by atomic mass is 10.0. The minimum absolute atomic E-state index is 0.192. The zero-order valence-corrected chi connectivity index (χ0v) is 13.2. The molecule has 1 N–H and O–H groups in total. The van der Waals surface area contributed by atoms with Crippen LogP contribution in [0.5, 0.6) is 5.75 Å². The van der Waals surface area contributed by atoms with Gasteiger partial charge in [-0.25, -0.2) is 4.39 Å². The van der Waals surface area contributed by atoms with Crippen molar-refractivity contribution in [3.8, 4) is 5.75 Å². The molecule has 0 bridgehead atoms. The summed E-state index contributed by atoms with van der Waals surface area (Å²) < 4.78 is 18.4. The third-order valence-electron chi connectivity index (χ3n) is 4.02. The summed E-state index contributed by atoms with van der Waals surface area (Å²) in [5.74, 6) is 0.709. The van der Waals surface area contributed by atoms with Crippen LogP contribution in [0.15, 0.2) is 60.7 Å². The van der Waals surface area contributed by atoms with E-state index in [0.717, 1.165) is 30.8 Å². The third-order valence-corrected chi connectivity index (χ3v) is 4.02. The SMILES string of the molecule is COc1ccc2ccccc2c1CNCCc1ccc(F)cc1. The average Bonchev–Trinajstić information content (AvgIpc) is 2.60. The Balaban J connectivity index is 1.67. The number of hydrogen-bond acceptors (Lipinski definition) is 2. The van der Waals surface area contributed by atoms with Crippen LogP contribution in [-0.4, -0.2) is 13.7 Å². The molecule has 0 aromatic heterocycles. The molecule has 2 nitrogen and oxygen atoms in total. The second kappa shape index (κ2) is 7.25. The van der Waals surface area contributed by atoms with Gasteiger partial charge in [-0.1, -0.05) is 42.5 Å². The molecule has 0 unspecified atom stereocenters. The van der Waals surface area contributed by atoms with Gasteiger partial charge in [0.15, 0.2) is 0 Å². The molecule has 0 aliphatic carbocycles. The van der Waals surface area contributed by atoms with Crippen molar-refractivity contribution < 1.29 is 9.13 Å². The van der Waals surface area contributed by atoms with Crippen molar-refractivity contribution in [2.75, 3.05) is 13.7 Å². The van der Waals surface area contributed by atoms with Crippen LogP contribution < -0.4 is 10.1 Å². The lowest BCUT2D eigenvalue weighted by Crippen LogP contribution is -2.17. The second-order valence-corrected chi connectivity index (χ2v) is 5.52. The van der Waals surface area contributed by atoms with Gasteiger partial charge in [-0.05, 0) is 47.5 Å². The van der Waals surface area contributed by atoms with E-state index in [4.69, 9.17) is 4.74 Å². The number of rotatable bonds is 6. The highest BCUT2D eigenvalue weighted by atomic mass is 19.1. The molecule has 3 heteroatoms. The largest absolute Gasteiger partial charge is 0.496 e. The summed E-state index contributed by atoms with van der Waals surface area (Å²) in [7, 11) is 1.70. The summed E-state index contributed by atoms with van der Waals surface area (Å²) in [5.41, 5.74) is 2.30. The molecular weight excluding hydrogens is 289 g/mol. The monoisotopic (exact) mass is 309 g/mol. The number of fused-ring (bicyclic) bond motifs is 1. The minimum Gasteiger partial charge on any atom is -0.496 e. The number of halogens is 1. The molecule has 0 saturated heterocycles. The van der Waals surface area contributed by atoms with E-state index >= 15 is 0 Å². The number of ether oxygens (including phenoxy) is 1. The summed E-state index contributed by atoms with van der Waals surface area (Å²) in [6.07, 6.45) is 0.868. The molecule has 0 saturated carbocycles. The van der Waals surface area contributed by atoms with Crippen LogP contribution in [0.4, 0.5) is 4.39 Å². The first kappa shape index (κ1) is 15.5. The van der Waals surface area contributed by atoms with Crippen molar-refractivity contribution in [2.45, 2.75) is 13.0 Å². The van der Waals surface area contributed by atoms with E-state index in [1.165, 1.54) is 28.5 Å². The van der Waals surface area contributed by atoms with Gasteiger partial charge in [0.05, 0.1) is 7.11 Å². The molecule has 3 aromatic rings. The van der Waals surface area contributed by atoms with Gasteiger partial charge in [-0.15, -0.1) is 0 Å². The highest BCUT2D eigenvalue weighted by Gasteiger charge is 2.07. The molecule has 0 heterocycles. The molecule has 118 valence electrons. The Bertz CT molecular complexity index is 783. The van der Waals surface area contributed by atoms with Crippen molar-refractivity contribution in [1.29, 1.82) is 0 Å². The number of nitrogens with one attached hydrogen (secondary N) is 1. The summed E-state index contributed by atoms with van der Waals surface area (Å²) in [5, 5.41) is 5.88. The molecule has 3 aromatic carbocycles. The Labute approximate surface area is 135 Å². The Morgan fingerprint density at radius 1 is 0.957 bits per heavy atom. The van der Waals surface area contributed by atoms with E-state index in [1.807, 2.05) is 30.3 Å². The van der Waals surface area contributed by atoms with E-state index in [0.29, 0.717) is 0 Å². The highest BCUT2D eigenvalue weighted by molar-refractivity contribution is 5.87. The second-order valence-electron chi connectivity index (χ2n) is 5.52. The zero-order chi connectivity index (χ0) is 16.1. The predicted molar refractivity (Wildman–Crippen MR) is 92.3 cm³/mol. The standard InChI is InChI=1S/C20H20FNO/c1-23-20-11-8-16-4-2-3-5-18(16)19(20)14-22-13-12-15-6-9-17(21)10-7-15/h2-11,22H,12-14H2,1H3. The number of benzene rings is 3. The van der Waals surface area contributed by atoms with Crippen molar-refractivity contribution in [2.24, 2.45) is 0 Å². The summed E-state index contributed by atoms with van der Waals surface area (Å²) in [4.78, 5) is 0. The fraction of sp³-hybridized carbons (Fsp3) is 0.200. The van der Waals surface area contributed by atoms with E-state index in [1.54, 1.807) is 7.11 Å². The van der Waals surface area contributed by atoms with Crippen molar-refractivity contribution in [3.05, 3.63) is 77.6 Å². The summed E-state index contributed by atoms with van der Waals surface area (Å²) >= 11 is 0. The molecule has 0 spiro atoms.